The summed E-state index contributed by atoms with van der Waals surface area (Å²) < 4.78 is 43.7. The molecule has 0 saturated carbocycles. The van der Waals surface area contributed by atoms with Gasteiger partial charge in [-0.1, -0.05) is 51.4 Å². The lowest BCUT2D eigenvalue weighted by atomic mass is 9.73. The first-order chi connectivity index (χ1) is 29.8. The van der Waals surface area contributed by atoms with E-state index in [1.54, 1.807) is 79.3 Å². The van der Waals surface area contributed by atoms with Gasteiger partial charge < -0.3 is 38.3 Å². The zero-order valence-electron chi connectivity index (χ0n) is 40.1. The van der Waals surface area contributed by atoms with Crippen molar-refractivity contribution in [1.82, 2.24) is 14.7 Å². The molecule has 14 atom stereocenters. The van der Waals surface area contributed by atoms with Crippen LogP contribution >= 0.6 is 11.6 Å². The maximum absolute atomic E-state index is 15.0. The number of Topliss-reactive ketones (excluding diaryl/α,β-unsaturated/α-hetero) is 1. The Morgan fingerprint density at radius 3 is 2.20 bits per heavy atom. The summed E-state index contributed by atoms with van der Waals surface area (Å²) in [5.74, 6) is -4.72. The molecule has 0 bridgehead atoms. The average Bonchev–Trinajstić information content (AvgIpc) is 3.67. The molecule has 0 spiro atoms. The second-order valence-electron chi connectivity index (χ2n) is 19.8. The van der Waals surface area contributed by atoms with E-state index >= 15 is 0 Å². The van der Waals surface area contributed by atoms with Gasteiger partial charge in [-0.2, -0.15) is 0 Å². The Kier molecular flexibility index (Phi) is 16.2. The van der Waals surface area contributed by atoms with E-state index in [-0.39, 0.29) is 50.0 Å². The number of benzene rings is 1. The molecule has 0 aromatic heterocycles. The third-order valence-corrected chi connectivity index (χ3v) is 14.6. The minimum absolute atomic E-state index is 0.0561. The molecule has 4 saturated heterocycles. The van der Waals surface area contributed by atoms with Crippen LogP contribution in [0.15, 0.2) is 24.3 Å². The van der Waals surface area contributed by atoms with Crippen LogP contribution in [0.3, 0.4) is 0 Å². The molecule has 4 heterocycles. The monoisotopic (exact) mass is 921 g/mol. The highest BCUT2D eigenvalue weighted by Gasteiger charge is 2.61. The maximum atomic E-state index is 15.0. The number of rotatable bonds is 10. The van der Waals surface area contributed by atoms with Crippen LogP contribution in [0.1, 0.15) is 108 Å². The minimum Gasteiger partial charge on any atom is -0.458 e. The van der Waals surface area contributed by atoms with E-state index in [1.165, 1.54) is 7.11 Å². The van der Waals surface area contributed by atoms with Crippen molar-refractivity contribution >= 4 is 41.6 Å². The van der Waals surface area contributed by atoms with Gasteiger partial charge in [-0.25, -0.2) is 19.3 Å². The molecule has 5 rings (SSSR count). The summed E-state index contributed by atoms with van der Waals surface area (Å²) in [7, 11) is 3.41. The number of methoxy groups -OCH3 is 1. The lowest BCUT2D eigenvalue weighted by Crippen LogP contribution is -2.61. The molecule has 1 aromatic rings. The van der Waals surface area contributed by atoms with Crippen LogP contribution in [0.5, 0.6) is 0 Å². The van der Waals surface area contributed by atoms with Gasteiger partial charge in [-0.3, -0.25) is 19.4 Å². The van der Waals surface area contributed by atoms with E-state index in [1.807, 2.05) is 40.0 Å². The zero-order chi connectivity index (χ0) is 47.8. The number of carbonyl (C=O) groups excluding carboxylic acids is 5. The fourth-order valence-electron chi connectivity index (χ4n) is 10.3. The van der Waals surface area contributed by atoms with E-state index in [0.29, 0.717) is 17.9 Å². The number of aliphatic hydroxyl groups is 1. The van der Waals surface area contributed by atoms with Gasteiger partial charge in [0.1, 0.15) is 30.7 Å². The lowest BCUT2D eigenvalue weighted by molar-refractivity contribution is -0.302. The van der Waals surface area contributed by atoms with E-state index in [9.17, 15) is 29.1 Å². The van der Waals surface area contributed by atoms with Crippen molar-refractivity contribution in [2.75, 3.05) is 27.3 Å². The number of esters is 1. The van der Waals surface area contributed by atoms with Crippen molar-refractivity contribution in [1.29, 1.82) is 0 Å². The van der Waals surface area contributed by atoms with Gasteiger partial charge in [-0.05, 0) is 106 Å². The van der Waals surface area contributed by atoms with Crippen molar-refractivity contribution in [3.8, 4) is 0 Å². The summed E-state index contributed by atoms with van der Waals surface area (Å²) in [6.45, 7) is 21.5. The number of ether oxygens (including phenoxy) is 7. The van der Waals surface area contributed by atoms with Crippen LogP contribution in [-0.2, 0) is 49.2 Å². The summed E-state index contributed by atoms with van der Waals surface area (Å²) in [5.41, 5.74) is -3.05. The van der Waals surface area contributed by atoms with Crippen molar-refractivity contribution in [2.24, 2.45) is 23.7 Å². The molecule has 4 fully saturated rings. The predicted octanol–water partition coefficient (Wildman–Crippen LogP) is 7.03. The van der Waals surface area contributed by atoms with E-state index in [2.05, 4.69) is 4.90 Å². The maximum Gasteiger partial charge on any atom is 0.420 e. The molecule has 3 amide bonds. The zero-order valence-corrected chi connectivity index (χ0v) is 40.9. The van der Waals surface area contributed by atoms with Gasteiger partial charge in [-0.15, -0.1) is 0 Å². The Hall–Kier alpha value is -3.54. The van der Waals surface area contributed by atoms with Gasteiger partial charge in [0.15, 0.2) is 11.9 Å². The summed E-state index contributed by atoms with van der Waals surface area (Å²) in [6.07, 6.45) is -7.66. The van der Waals surface area contributed by atoms with E-state index in [4.69, 9.17) is 44.8 Å². The first kappa shape index (κ1) is 51.4. The fraction of sp³-hybridized carbons (Fsp3) is 0.766. The number of ketones is 1. The highest BCUT2D eigenvalue weighted by molar-refractivity contribution is 6.30. The molecular formula is C47H72ClN3O13. The van der Waals surface area contributed by atoms with Crippen LogP contribution in [0.2, 0.25) is 5.02 Å². The van der Waals surface area contributed by atoms with Gasteiger partial charge in [0.05, 0.1) is 35.3 Å². The molecule has 0 radical (unpaired) electrons. The molecule has 64 heavy (non-hydrogen) atoms. The Labute approximate surface area is 383 Å². The number of hydrogen-bond acceptors (Lipinski definition) is 14. The molecular weight excluding hydrogens is 850 g/mol. The van der Waals surface area contributed by atoms with Gasteiger partial charge in [0, 0.05) is 48.5 Å². The van der Waals surface area contributed by atoms with Gasteiger partial charge >= 0.3 is 24.2 Å². The van der Waals surface area contributed by atoms with Crippen molar-refractivity contribution in [3.05, 3.63) is 34.9 Å². The van der Waals surface area contributed by atoms with Crippen LogP contribution in [-0.4, -0.2) is 149 Å². The standard InChI is InChI=1S/C47H72ClN3O13/c1-15-34-47(12)38(50(42(55)64-47)21-20-31-16-18-32(48)19-17-31)28(6)35(52)26(4)23-46(11,58-14)39(63-41-36(53)33(22-27(5)60-41)49(13)25(2)3)29(7)37(30(8)40(54)61-34)62-44(57)51-43(56)59-24-45(51,9)10/h16-19,25-30,33-34,36-39,41,53H,15,20-24H2,1-14H3/t26-,27-,28-,29+,30-,33+,34+,36-,37+,38-,39-,41+,46+,47-/m1/s1. The highest BCUT2D eigenvalue weighted by atomic mass is 35.5. The third kappa shape index (κ3) is 10.4. The first-order valence-electron chi connectivity index (χ1n) is 22.7. The number of nitrogens with zero attached hydrogens (tertiary/aromatic N) is 3. The second-order valence-corrected chi connectivity index (χ2v) is 20.3. The number of imide groups is 1. The van der Waals surface area contributed by atoms with Crippen LogP contribution < -0.4 is 0 Å². The van der Waals surface area contributed by atoms with Crippen LogP contribution in [0, 0.1) is 23.7 Å². The van der Waals surface area contributed by atoms with Crippen molar-refractivity contribution in [2.45, 2.75) is 180 Å². The first-order valence-corrected chi connectivity index (χ1v) is 23.1. The number of carbonyl (C=O) groups is 5. The average molecular weight is 923 g/mol. The summed E-state index contributed by atoms with van der Waals surface area (Å²) in [5, 5.41) is 12.5. The lowest BCUT2D eigenvalue weighted by Gasteiger charge is -2.49. The third-order valence-electron chi connectivity index (χ3n) is 14.3. The molecule has 4 aliphatic heterocycles. The number of aliphatic hydroxyl groups excluding tert-OH is 1. The van der Waals surface area contributed by atoms with Crippen LogP contribution in [0.4, 0.5) is 14.4 Å². The quantitative estimate of drug-likeness (QED) is 0.187. The molecule has 360 valence electrons. The topological polar surface area (TPSA) is 180 Å². The summed E-state index contributed by atoms with van der Waals surface area (Å²) in [4.78, 5) is 75.4. The largest absolute Gasteiger partial charge is 0.458 e. The van der Waals surface area contributed by atoms with Crippen molar-refractivity contribution < 1.29 is 62.2 Å². The molecule has 1 aromatic carbocycles. The molecule has 0 aliphatic carbocycles. The Balaban J connectivity index is 1.64. The number of amides is 3. The summed E-state index contributed by atoms with van der Waals surface area (Å²) in [6, 6.07) is 6.12. The van der Waals surface area contributed by atoms with Crippen molar-refractivity contribution in [3.63, 3.8) is 0 Å². The second kappa shape index (κ2) is 20.1. The smallest absolute Gasteiger partial charge is 0.420 e. The normalized spacial score (nSPS) is 37.5. The molecule has 1 N–H and O–H groups in total. The highest BCUT2D eigenvalue weighted by Crippen LogP contribution is 2.44. The minimum atomic E-state index is -1.50. The molecule has 16 nitrogen and oxygen atoms in total. The molecule has 17 heteroatoms. The predicted molar refractivity (Wildman–Crippen MR) is 236 cm³/mol. The Morgan fingerprint density at radius 2 is 1.64 bits per heavy atom. The number of cyclic esters (lactones) is 2. The fourth-order valence-corrected chi connectivity index (χ4v) is 10.5. The number of fused-ring (bicyclic) bond motifs is 1. The SMILES string of the molecule is CC[C@@H]1OC(=O)[C@H](C)[C@@H](OC(=O)N2C(=O)OCC2(C)C)[C@H](C)[C@@H](O[C@@H]2O[C@H](C)C[C@H](N(C)C(C)C)[C@H]2O)[C@@](C)(OC)C[C@@H](C)C(=O)[C@@H](C)[C@H]2N(CCc3ccc(Cl)cc3)C(=O)O[C@]12C. The van der Waals surface area contributed by atoms with E-state index < -0.39 is 101 Å². The van der Waals surface area contributed by atoms with Gasteiger partial charge in [0.25, 0.3) is 0 Å². The summed E-state index contributed by atoms with van der Waals surface area (Å²) >= 11 is 6.16. The van der Waals surface area contributed by atoms with Crippen LogP contribution in [0.25, 0.3) is 0 Å². The number of hydrogen-bond donors (Lipinski definition) is 1. The van der Waals surface area contributed by atoms with E-state index in [0.717, 1.165) is 10.5 Å². The molecule has 4 aliphatic rings. The Morgan fingerprint density at radius 1 is 1.00 bits per heavy atom. The van der Waals surface area contributed by atoms with Gasteiger partial charge in [0.2, 0.25) is 0 Å². The molecule has 0 unspecified atom stereocenters. The number of halogens is 1. The Bertz CT molecular complexity index is 1850. The number of likely N-dealkylation sites (N-methyl/N-ethyl adjacent to an activating group) is 1.